The molecule has 0 aliphatic rings. The van der Waals surface area contributed by atoms with E-state index >= 15 is 0 Å². The molecule has 0 heterocycles. The van der Waals surface area contributed by atoms with Crippen molar-refractivity contribution in [2.45, 2.75) is 20.3 Å². The van der Waals surface area contributed by atoms with Crippen molar-refractivity contribution < 1.29 is 4.79 Å². The third kappa shape index (κ3) is 7.41. The van der Waals surface area contributed by atoms with Gasteiger partial charge in [-0.1, -0.05) is 44.2 Å². The van der Waals surface area contributed by atoms with Gasteiger partial charge >= 0.3 is 0 Å². The summed E-state index contributed by atoms with van der Waals surface area (Å²) in [5, 5.41) is 0. The first-order chi connectivity index (χ1) is 9.47. The SMILES string of the molecule is CC(C)CN(CCN(C)C)CC(=O)Cc1ccccc1. The zero-order valence-electron chi connectivity index (χ0n) is 13.3. The summed E-state index contributed by atoms with van der Waals surface area (Å²) in [6.45, 7) is 7.88. The zero-order chi connectivity index (χ0) is 15.0. The highest BCUT2D eigenvalue weighted by Crippen LogP contribution is 2.03. The van der Waals surface area contributed by atoms with Crippen LogP contribution in [0.2, 0.25) is 0 Å². The first kappa shape index (κ1) is 16.9. The fraction of sp³-hybridized carbons (Fsp3) is 0.588. The lowest BCUT2D eigenvalue weighted by Gasteiger charge is -2.25. The second kappa shape index (κ2) is 8.88. The Labute approximate surface area is 123 Å². The van der Waals surface area contributed by atoms with E-state index < -0.39 is 0 Å². The van der Waals surface area contributed by atoms with Crippen LogP contribution in [0.5, 0.6) is 0 Å². The Hall–Kier alpha value is -1.19. The van der Waals surface area contributed by atoms with Gasteiger partial charge in [-0.05, 0) is 25.6 Å². The number of rotatable bonds is 9. The quantitative estimate of drug-likeness (QED) is 0.691. The normalized spacial score (nSPS) is 11.6. The average Bonchev–Trinajstić information content (AvgIpc) is 2.36. The molecule has 1 rings (SSSR count). The van der Waals surface area contributed by atoms with E-state index in [1.807, 2.05) is 30.3 Å². The Morgan fingerprint density at radius 3 is 2.30 bits per heavy atom. The maximum atomic E-state index is 12.2. The van der Waals surface area contributed by atoms with Crippen molar-refractivity contribution in [3.8, 4) is 0 Å². The lowest BCUT2D eigenvalue weighted by atomic mass is 10.1. The Morgan fingerprint density at radius 1 is 1.10 bits per heavy atom. The average molecular weight is 276 g/mol. The van der Waals surface area contributed by atoms with Crippen LogP contribution in [0.3, 0.4) is 0 Å². The minimum absolute atomic E-state index is 0.301. The van der Waals surface area contributed by atoms with Crippen LogP contribution in [0, 0.1) is 5.92 Å². The number of hydrogen-bond acceptors (Lipinski definition) is 3. The first-order valence-electron chi connectivity index (χ1n) is 7.40. The number of Topliss-reactive ketones (excluding diaryl/α,β-unsaturated/α-hetero) is 1. The molecule has 0 saturated carbocycles. The standard InChI is InChI=1S/C17H28N2O/c1-15(2)13-19(11-10-18(3)4)14-17(20)12-16-8-6-5-7-9-16/h5-9,15H,10-14H2,1-4H3. The Morgan fingerprint density at radius 2 is 1.75 bits per heavy atom. The van der Waals surface area contributed by atoms with Gasteiger partial charge in [-0.2, -0.15) is 0 Å². The van der Waals surface area contributed by atoms with Gasteiger partial charge < -0.3 is 4.90 Å². The van der Waals surface area contributed by atoms with Crippen LogP contribution in [0.4, 0.5) is 0 Å². The smallest absolute Gasteiger partial charge is 0.151 e. The van der Waals surface area contributed by atoms with Crippen LogP contribution in [0.1, 0.15) is 19.4 Å². The van der Waals surface area contributed by atoms with Gasteiger partial charge in [-0.15, -0.1) is 0 Å². The van der Waals surface area contributed by atoms with Crippen molar-refractivity contribution in [3.05, 3.63) is 35.9 Å². The van der Waals surface area contributed by atoms with E-state index in [1.54, 1.807) is 0 Å². The summed E-state index contributed by atoms with van der Waals surface area (Å²) in [6, 6.07) is 9.99. The van der Waals surface area contributed by atoms with Crippen LogP contribution in [0.15, 0.2) is 30.3 Å². The molecular weight excluding hydrogens is 248 g/mol. The molecule has 3 nitrogen and oxygen atoms in total. The number of hydrogen-bond donors (Lipinski definition) is 0. The third-order valence-electron chi connectivity index (χ3n) is 3.13. The van der Waals surface area contributed by atoms with Crippen LogP contribution in [0.25, 0.3) is 0 Å². The van der Waals surface area contributed by atoms with E-state index in [-0.39, 0.29) is 0 Å². The molecule has 0 fully saturated rings. The molecule has 0 aliphatic heterocycles. The highest BCUT2D eigenvalue weighted by atomic mass is 16.1. The molecule has 3 heteroatoms. The van der Waals surface area contributed by atoms with Gasteiger partial charge in [0.1, 0.15) is 0 Å². The molecule has 0 saturated heterocycles. The van der Waals surface area contributed by atoms with Crippen molar-refractivity contribution in [3.63, 3.8) is 0 Å². The van der Waals surface area contributed by atoms with Crippen molar-refractivity contribution in [1.82, 2.24) is 9.80 Å². The van der Waals surface area contributed by atoms with Crippen LogP contribution >= 0.6 is 0 Å². The molecule has 0 aliphatic carbocycles. The summed E-state index contributed by atoms with van der Waals surface area (Å²) in [5.74, 6) is 0.886. The third-order valence-corrected chi connectivity index (χ3v) is 3.13. The van der Waals surface area contributed by atoms with Crippen LogP contribution < -0.4 is 0 Å². The monoisotopic (exact) mass is 276 g/mol. The molecule has 0 amide bonds. The van der Waals surface area contributed by atoms with Crippen LogP contribution in [-0.4, -0.2) is 55.9 Å². The van der Waals surface area contributed by atoms with Crippen molar-refractivity contribution in [2.24, 2.45) is 5.92 Å². The number of carbonyl (C=O) groups excluding carboxylic acids is 1. The lowest BCUT2D eigenvalue weighted by Crippen LogP contribution is -2.38. The molecular formula is C17H28N2O. The maximum Gasteiger partial charge on any atom is 0.151 e. The lowest BCUT2D eigenvalue weighted by molar-refractivity contribution is -0.119. The summed E-state index contributed by atoms with van der Waals surface area (Å²) >= 11 is 0. The van der Waals surface area contributed by atoms with E-state index in [4.69, 9.17) is 0 Å². The van der Waals surface area contributed by atoms with E-state index in [2.05, 4.69) is 37.7 Å². The summed E-state index contributed by atoms with van der Waals surface area (Å²) < 4.78 is 0. The predicted molar refractivity (Wildman–Crippen MR) is 85.0 cm³/mol. The van der Waals surface area contributed by atoms with Gasteiger partial charge in [0.2, 0.25) is 0 Å². The highest BCUT2D eigenvalue weighted by molar-refractivity contribution is 5.82. The molecule has 0 spiro atoms. The number of likely N-dealkylation sites (N-methyl/N-ethyl adjacent to an activating group) is 1. The number of ketones is 1. The Kier molecular flexibility index (Phi) is 7.48. The molecule has 0 aromatic heterocycles. The summed E-state index contributed by atoms with van der Waals surface area (Å²) in [5.41, 5.74) is 1.11. The van der Waals surface area contributed by atoms with Crippen molar-refractivity contribution in [2.75, 3.05) is 40.3 Å². The molecule has 1 aromatic rings. The number of benzene rings is 1. The van der Waals surface area contributed by atoms with Gasteiger partial charge in [0.05, 0.1) is 6.54 Å². The second-order valence-electron chi connectivity index (χ2n) is 6.13. The Balaban J connectivity index is 2.48. The highest BCUT2D eigenvalue weighted by Gasteiger charge is 2.13. The predicted octanol–water partition coefficient (Wildman–Crippen LogP) is 2.32. The molecule has 0 atom stereocenters. The molecule has 0 unspecified atom stereocenters. The van der Waals surface area contributed by atoms with Gasteiger partial charge in [0.25, 0.3) is 0 Å². The fourth-order valence-electron chi connectivity index (χ4n) is 2.22. The van der Waals surface area contributed by atoms with E-state index in [0.29, 0.717) is 24.7 Å². The van der Waals surface area contributed by atoms with Crippen LogP contribution in [-0.2, 0) is 11.2 Å². The number of carbonyl (C=O) groups is 1. The molecule has 0 radical (unpaired) electrons. The molecule has 1 aromatic carbocycles. The summed E-state index contributed by atoms with van der Waals surface area (Å²) in [6.07, 6.45) is 0.539. The molecule has 0 N–H and O–H groups in total. The minimum Gasteiger partial charge on any atom is -0.308 e. The molecule has 20 heavy (non-hydrogen) atoms. The van der Waals surface area contributed by atoms with Crippen molar-refractivity contribution in [1.29, 1.82) is 0 Å². The van der Waals surface area contributed by atoms with Crippen molar-refractivity contribution >= 4 is 5.78 Å². The minimum atomic E-state index is 0.301. The van der Waals surface area contributed by atoms with E-state index in [0.717, 1.165) is 25.2 Å². The zero-order valence-corrected chi connectivity index (χ0v) is 13.3. The molecule has 112 valence electrons. The topological polar surface area (TPSA) is 23.6 Å². The Bertz CT molecular complexity index is 387. The van der Waals surface area contributed by atoms with Gasteiger partial charge in [-0.3, -0.25) is 9.69 Å². The molecule has 0 bridgehead atoms. The second-order valence-corrected chi connectivity index (χ2v) is 6.13. The maximum absolute atomic E-state index is 12.2. The largest absolute Gasteiger partial charge is 0.308 e. The van der Waals surface area contributed by atoms with E-state index in [1.165, 1.54) is 0 Å². The summed E-state index contributed by atoms with van der Waals surface area (Å²) in [7, 11) is 4.14. The summed E-state index contributed by atoms with van der Waals surface area (Å²) in [4.78, 5) is 16.6. The van der Waals surface area contributed by atoms with Gasteiger partial charge in [0.15, 0.2) is 5.78 Å². The number of nitrogens with zero attached hydrogens (tertiary/aromatic N) is 2. The first-order valence-corrected chi connectivity index (χ1v) is 7.40. The fourth-order valence-corrected chi connectivity index (χ4v) is 2.22. The van der Waals surface area contributed by atoms with E-state index in [9.17, 15) is 4.79 Å². The van der Waals surface area contributed by atoms with Gasteiger partial charge in [-0.25, -0.2) is 0 Å². The van der Waals surface area contributed by atoms with Gasteiger partial charge in [0, 0.05) is 26.1 Å².